The average Bonchev–Trinajstić information content (AvgIpc) is 2.67. The van der Waals surface area contributed by atoms with Gasteiger partial charge in [0.25, 0.3) is 0 Å². The Morgan fingerprint density at radius 3 is 2.47 bits per heavy atom. The van der Waals surface area contributed by atoms with E-state index in [1.165, 1.54) is 49.9 Å². The largest absolute Gasteiger partial charge is 0.388 e. The van der Waals surface area contributed by atoms with E-state index < -0.39 is 0 Å². The van der Waals surface area contributed by atoms with E-state index in [2.05, 4.69) is 36.9 Å². The van der Waals surface area contributed by atoms with Crippen molar-refractivity contribution in [3.05, 3.63) is 34.9 Å². The Labute approximate surface area is 117 Å². The molecule has 1 saturated heterocycles. The fourth-order valence-electron chi connectivity index (χ4n) is 2.94. The zero-order valence-electron chi connectivity index (χ0n) is 12.4. The molecule has 2 nitrogen and oxygen atoms in total. The van der Waals surface area contributed by atoms with E-state index in [4.69, 9.17) is 0 Å². The molecule has 0 spiro atoms. The van der Waals surface area contributed by atoms with Gasteiger partial charge in [0.2, 0.25) is 0 Å². The molecule has 0 bridgehead atoms. The quantitative estimate of drug-likeness (QED) is 0.895. The normalized spacial score (nSPS) is 19.1. The van der Waals surface area contributed by atoms with Crippen molar-refractivity contribution in [1.82, 2.24) is 4.90 Å². The molecule has 2 heteroatoms. The first-order chi connectivity index (χ1) is 9.16. The van der Waals surface area contributed by atoms with Gasteiger partial charge in [-0.25, -0.2) is 0 Å². The van der Waals surface area contributed by atoms with Gasteiger partial charge in [0.05, 0.1) is 6.10 Å². The first kappa shape index (κ1) is 14.5. The molecule has 1 N–H and O–H groups in total. The summed E-state index contributed by atoms with van der Waals surface area (Å²) in [4.78, 5) is 2.52. The predicted octanol–water partition coefficient (Wildman–Crippen LogP) is 3.60. The maximum absolute atomic E-state index is 10.4. The van der Waals surface area contributed by atoms with Crippen LogP contribution in [0, 0.1) is 13.8 Å². The molecule has 1 atom stereocenters. The maximum atomic E-state index is 10.4. The lowest BCUT2D eigenvalue weighted by atomic mass is 9.99. The van der Waals surface area contributed by atoms with Crippen molar-refractivity contribution in [2.75, 3.05) is 19.6 Å². The van der Waals surface area contributed by atoms with Gasteiger partial charge < -0.3 is 10.0 Å². The van der Waals surface area contributed by atoms with Crippen LogP contribution < -0.4 is 0 Å². The van der Waals surface area contributed by atoms with E-state index >= 15 is 0 Å². The van der Waals surface area contributed by atoms with Gasteiger partial charge in [-0.3, -0.25) is 0 Å². The van der Waals surface area contributed by atoms with Gasteiger partial charge in [-0.15, -0.1) is 0 Å². The summed E-state index contributed by atoms with van der Waals surface area (Å²) < 4.78 is 0. The van der Waals surface area contributed by atoms with E-state index in [1.807, 2.05) is 0 Å². The summed E-state index contributed by atoms with van der Waals surface area (Å²) in [5.41, 5.74) is 3.54. The Morgan fingerprint density at radius 2 is 1.79 bits per heavy atom. The molecular formula is C17H27NO. The maximum Gasteiger partial charge on any atom is 0.0804 e. The lowest BCUT2D eigenvalue weighted by molar-refractivity contribution is 0.142. The second-order valence-electron chi connectivity index (χ2n) is 5.92. The van der Waals surface area contributed by atoms with Gasteiger partial charge >= 0.3 is 0 Å². The Morgan fingerprint density at radius 1 is 1.11 bits per heavy atom. The molecule has 1 aliphatic heterocycles. The molecule has 1 aromatic rings. The fraction of sp³-hybridized carbons (Fsp3) is 0.647. The molecule has 0 amide bonds. The summed E-state index contributed by atoms with van der Waals surface area (Å²) >= 11 is 0. The third-order valence-corrected chi connectivity index (χ3v) is 4.21. The number of aryl methyl sites for hydroxylation is 2. The number of likely N-dealkylation sites (tertiary alicyclic amines) is 1. The van der Waals surface area contributed by atoms with E-state index in [0.29, 0.717) is 0 Å². The standard InChI is InChI=1S/C17H27NO/c1-14-7-8-15(2)16(13-14)17(19)9-12-18-10-5-3-4-6-11-18/h7-8,13,17,19H,3-6,9-12H2,1-2H3. The molecule has 0 aromatic heterocycles. The van der Waals surface area contributed by atoms with Crippen molar-refractivity contribution in [2.24, 2.45) is 0 Å². The van der Waals surface area contributed by atoms with Crippen LogP contribution in [0.3, 0.4) is 0 Å². The first-order valence-electron chi connectivity index (χ1n) is 7.64. The first-order valence-corrected chi connectivity index (χ1v) is 7.64. The molecule has 1 aromatic carbocycles. The van der Waals surface area contributed by atoms with E-state index in [-0.39, 0.29) is 6.10 Å². The summed E-state index contributed by atoms with van der Waals surface area (Å²) in [6, 6.07) is 6.35. The summed E-state index contributed by atoms with van der Waals surface area (Å²) in [5.74, 6) is 0. The third-order valence-electron chi connectivity index (χ3n) is 4.21. The van der Waals surface area contributed by atoms with Crippen molar-refractivity contribution >= 4 is 0 Å². The number of hydrogen-bond acceptors (Lipinski definition) is 2. The van der Waals surface area contributed by atoms with Crippen LogP contribution >= 0.6 is 0 Å². The minimum Gasteiger partial charge on any atom is -0.388 e. The SMILES string of the molecule is Cc1ccc(C)c(C(O)CCN2CCCCCC2)c1. The van der Waals surface area contributed by atoms with Gasteiger partial charge in [0.15, 0.2) is 0 Å². The lowest BCUT2D eigenvalue weighted by Crippen LogP contribution is -2.27. The van der Waals surface area contributed by atoms with Crippen LogP contribution in [-0.4, -0.2) is 29.6 Å². The lowest BCUT2D eigenvalue weighted by Gasteiger charge is -2.22. The second kappa shape index (κ2) is 7.06. The van der Waals surface area contributed by atoms with Gasteiger partial charge in [-0.1, -0.05) is 36.6 Å². The van der Waals surface area contributed by atoms with Gasteiger partial charge in [0, 0.05) is 6.54 Å². The third kappa shape index (κ3) is 4.32. The summed E-state index contributed by atoms with van der Waals surface area (Å²) in [6.07, 6.45) is 5.92. The fourth-order valence-corrected chi connectivity index (χ4v) is 2.94. The minimum absolute atomic E-state index is 0.317. The highest BCUT2D eigenvalue weighted by Crippen LogP contribution is 2.22. The Kier molecular flexibility index (Phi) is 5.41. The zero-order valence-corrected chi connectivity index (χ0v) is 12.4. The highest BCUT2D eigenvalue weighted by Gasteiger charge is 2.14. The minimum atomic E-state index is -0.317. The van der Waals surface area contributed by atoms with Crippen molar-refractivity contribution in [3.63, 3.8) is 0 Å². The molecule has 0 saturated carbocycles. The van der Waals surface area contributed by atoms with Crippen LogP contribution in [0.4, 0.5) is 0 Å². The van der Waals surface area contributed by atoms with Crippen LogP contribution in [0.2, 0.25) is 0 Å². The Hall–Kier alpha value is -0.860. The van der Waals surface area contributed by atoms with Crippen molar-refractivity contribution < 1.29 is 5.11 Å². The van der Waals surface area contributed by atoms with Crippen molar-refractivity contribution in [2.45, 2.75) is 52.1 Å². The van der Waals surface area contributed by atoms with Crippen LogP contribution in [0.5, 0.6) is 0 Å². The molecule has 1 fully saturated rings. The molecule has 2 rings (SSSR count). The topological polar surface area (TPSA) is 23.5 Å². The highest BCUT2D eigenvalue weighted by molar-refractivity contribution is 5.32. The van der Waals surface area contributed by atoms with Crippen LogP contribution in [-0.2, 0) is 0 Å². The smallest absolute Gasteiger partial charge is 0.0804 e. The number of benzene rings is 1. The molecular weight excluding hydrogens is 234 g/mol. The summed E-state index contributed by atoms with van der Waals surface area (Å²) in [7, 11) is 0. The van der Waals surface area contributed by atoms with Crippen molar-refractivity contribution in [1.29, 1.82) is 0 Å². The van der Waals surface area contributed by atoms with E-state index in [9.17, 15) is 5.11 Å². The predicted molar refractivity (Wildman–Crippen MR) is 80.4 cm³/mol. The van der Waals surface area contributed by atoms with E-state index in [0.717, 1.165) is 18.5 Å². The Balaban J connectivity index is 1.89. The number of hydrogen-bond donors (Lipinski definition) is 1. The summed E-state index contributed by atoms with van der Waals surface area (Å²) in [6.45, 7) is 7.61. The van der Waals surface area contributed by atoms with Crippen LogP contribution in [0.1, 0.15) is 54.9 Å². The number of aliphatic hydroxyl groups is 1. The van der Waals surface area contributed by atoms with Gasteiger partial charge in [-0.05, 0) is 57.3 Å². The van der Waals surface area contributed by atoms with Crippen LogP contribution in [0.15, 0.2) is 18.2 Å². The summed E-state index contributed by atoms with van der Waals surface area (Å²) in [5, 5.41) is 10.4. The molecule has 0 aliphatic carbocycles. The molecule has 19 heavy (non-hydrogen) atoms. The molecule has 1 heterocycles. The van der Waals surface area contributed by atoms with Crippen LogP contribution in [0.25, 0.3) is 0 Å². The van der Waals surface area contributed by atoms with E-state index in [1.54, 1.807) is 0 Å². The molecule has 1 unspecified atom stereocenters. The highest BCUT2D eigenvalue weighted by atomic mass is 16.3. The number of aliphatic hydroxyl groups excluding tert-OH is 1. The number of nitrogens with zero attached hydrogens (tertiary/aromatic N) is 1. The van der Waals surface area contributed by atoms with Gasteiger partial charge in [-0.2, -0.15) is 0 Å². The number of rotatable bonds is 4. The second-order valence-corrected chi connectivity index (χ2v) is 5.92. The zero-order chi connectivity index (χ0) is 13.7. The Bertz CT molecular complexity index is 394. The molecule has 1 aliphatic rings. The molecule has 106 valence electrons. The average molecular weight is 261 g/mol. The molecule has 0 radical (unpaired) electrons. The van der Waals surface area contributed by atoms with Gasteiger partial charge in [0.1, 0.15) is 0 Å². The van der Waals surface area contributed by atoms with Crippen molar-refractivity contribution in [3.8, 4) is 0 Å². The monoisotopic (exact) mass is 261 g/mol.